The Balaban J connectivity index is 2.05. The molecule has 1 aliphatic rings. The summed E-state index contributed by atoms with van der Waals surface area (Å²) in [6.45, 7) is 7.11. The Morgan fingerprint density at radius 3 is 2.47 bits per heavy atom. The first-order chi connectivity index (χ1) is 14.2. The predicted octanol–water partition coefficient (Wildman–Crippen LogP) is 3.19. The molecular formula is C21H34N2O5S2. The van der Waals surface area contributed by atoms with Crippen LogP contribution in [0.4, 0.5) is 0 Å². The number of hydrogen-bond acceptors (Lipinski definition) is 6. The van der Waals surface area contributed by atoms with Gasteiger partial charge in [0.2, 0.25) is 15.9 Å². The molecule has 0 saturated heterocycles. The van der Waals surface area contributed by atoms with Gasteiger partial charge in [0.15, 0.2) is 11.5 Å². The maximum atomic E-state index is 12.9. The molecule has 0 fully saturated rings. The molecule has 1 heterocycles. The summed E-state index contributed by atoms with van der Waals surface area (Å²) < 4.78 is 39.4. The molecule has 0 bridgehead atoms. The summed E-state index contributed by atoms with van der Waals surface area (Å²) in [5.41, 5.74) is 0. The van der Waals surface area contributed by atoms with E-state index >= 15 is 0 Å². The molecule has 0 spiro atoms. The lowest BCUT2D eigenvalue weighted by molar-refractivity contribution is -0.123. The first-order valence-corrected chi connectivity index (χ1v) is 13.3. The average Bonchev–Trinajstić information content (AvgIpc) is 2.70. The predicted molar refractivity (Wildman–Crippen MR) is 121 cm³/mol. The van der Waals surface area contributed by atoms with Gasteiger partial charge in [-0.2, -0.15) is 16.5 Å². The van der Waals surface area contributed by atoms with Crippen molar-refractivity contribution in [3.63, 3.8) is 0 Å². The Morgan fingerprint density at radius 1 is 1.10 bits per heavy atom. The number of fused-ring (bicyclic) bond motifs is 1. The van der Waals surface area contributed by atoms with Gasteiger partial charge < -0.3 is 14.8 Å². The minimum absolute atomic E-state index is 0.00757. The molecule has 30 heavy (non-hydrogen) atoms. The zero-order chi connectivity index (χ0) is 22.1. The van der Waals surface area contributed by atoms with Gasteiger partial charge in [-0.25, -0.2) is 8.42 Å². The Hall–Kier alpha value is -1.45. The molecule has 0 aromatic heterocycles. The van der Waals surface area contributed by atoms with Crippen molar-refractivity contribution in [3.05, 3.63) is 18.2 Å². The zero-order valence-corrected chi connectivity index (χ0v) is 19.9. The number of carbonyl (C=O) groups is 1. The van der Waals surface area contributed by atoms with Crippen LogP contribution in [0.2, 0.25) is 0 Å². The highest BCUT2D eigenvalue weighted by Gasteiger charge is 2.27. The van der Waals surface area contributed by atoms with Gasteiger partial charge in [-0.3, -0.25) is 4.79 Å². The van der Waals surface area contributed by atoms with Gasteiger partial charge in [-0.15, -0.1) is 0 Å². The second-order valence-corrected chi connectivity index (χ2v) is 10.7. The van der Waals surface area contributed by atoms with Crippen LogP contribution in [-0.4, -0.2) is 51.6 Å². The van der Waals surface area contributed by atoms with Crippen molar-refractivity contribution >= 4 is 27.7 Å². The van der Waals surface area contributed by atoms with E-state index in [0.717, 1.165) is 19.3 Å². The number of thioether (sulfide) groups is 1. The van der Waals surface area contributed by atoms with Crippen LogP contribution in [0.25, 0.3) is 0 Å². The summed E-state index contributed by atoms with van der Waals surface area (Å²) in [6, 6.07) is 3.65. The summed E-state index contributed by atoms with van der Waals surface area (Å²) in [4.78, 5) is 12.9. The molecule has 0 saturated carbocycles. The highest BCUT2D eigenvalue weighted by molar-refractivity contribution is 7.98. The number of rotatable bonds is 12. The molecule has 0 aliphatic carbocycles. The fourth-order valence-corrected chi connectivity index (χ4v) is 4.89. The second-order valence-electron chi connectivity index (χ2n) is 8.00. The van der Waals surface area contributed by atoms with Crippen LogP contribution >= 0.6 is 11.8 Å². The first-order valence-electron chi connectivity index (χ1n) is 10.4. The van der Waals surface area contributed by atoms with Crippen molar-refractivity contribution in [2.45, 2.75) is 63.4 Å². The molecule has 0 radical (unpaired) electrons. The van der Waals surface area contributed by atoms with Crippen molar-refractivity contribution < 1.29 is 22.7 Å². The largest absolute Gasteiger partial charge is 0.486 e. The van der Waals surface area contributed by atoms with Gasteiger partial charge in [0.1, 0.15) is 19.3 Å². The van der Waals surface area contributed by atoms with Gasteiger partial charge in [-0.05, 0) is 49.8 Å². The number of carbonyl (C=O) groups excluding carboxylic acids is 1. The Bertz CT molecular complexity index is 799. The van der Waals surface area contributed by atoms with E-state index in [9.17, 15) is 13.2 Å². The summed E-state index contributed by atoms with van der Waals surface area (Å²) in [7, 11) is -3.89. The Labute approximate surface area is 184 Å². The van der Waals surface area contributed by atoms with E-state index in [4.69, 9.17) is 9.47 Å². The van der Waals surface area contributed by atoms with Gasteiger partial charge in [0, 0.05) is 12.1 Å². The maximum absolute atomic E-state index is 12.9. The number of amides is 1. The Morgan fingerprint density at radius 2 is 1.80 bits per heavy atom. The third-order valence-electron chi connectivity index (χ3n) is 4.86. The SMILES string of the molecule is CSCC[C@H](NS(=O)(=O)c1ccc2c(c1)OCCO2)C(=O)N[C@@H](C)CCCC(C)C. The molecule has 7 nitrogen and oxygen atoms in total. The molecular weight excluding hydrogens is 424 g/mol. The standard InChI is InChI=1S/C21H34N2O5S2/c1-15(2)6-5-7-16(3)22-21(24)18(10-13-29-4)23-30(25,26)17-8-9-19-20(14-17)28-12-11-27-19/h8-9,14-16,18,23H,5-7,10-13H2,1-4H3,(H,22,24)/t16-,18-/m0/s1. The number of nitrogens with one attached hydrogen (secondary N) is 2. The van der Waals surface area contributed by atoms with Crippen LogP contribution < -0.4 is 19.5 Å². The van der Waals surface area contributed by atoms with Crippen molar-refractivity contribution in [1.29, 1.82) is 0 Å². The third kappa shape index (κ3) is 7.67. The number of benzene rings is 1. The normalized spacial score (nSPS) is 15.6. The van der Waals surface area contributed by atoms with E-state index in [1.165, 1.54) is 12.1 Å². The number of ether oxygens (including phenoxy) is 2. The molecule has 1 aromatic carbocycles. The lowest BCUT2D eigenvalue weighted by Crippen LogP contribution is -2.49. The summed E-state index contributed by atoms with van der Waals surface area (Å²) >= 11 is 1.57. The quantitative estimate of drug-likeness (QED) is 0.500. The molecule has 9 heteroatoms. The van der Waals surface area contributed by atoms with E-state index in [0.29, 0.717) is 42.8 Å². The monoisotopic (exact) mass is 458 g/mol. The molecule has 2 rings (SSSR count). The van der Waals surface area contributed by atoms with Crippen LogP contribution in [0.5, 0.6) is 11.5 Å². The maximum Gasteiger partial charge on any atom is 0.241 e. The minimum atomic E-state index is -3.89. The van der Waals surface area contributed by atoms with Gasteiger partial charge >= 0.3 is 0 Å². The number of sulfonamides is 1. The molecule has 1 aromatic rings. The van der Waals surface area contributed by atoms with Crippen molar-refractivity contribution in [1.82, 2.24) is 10.0 Å². The van der Waals surface area contributed by atoms with Crippen molar-refractivity contribution in [3.8, 4) is 11.5 Å². The van der Waals surface area contributed by atoms with Crippen LogP contribution in [0.15, 0.2) is 23.1 Å². The van der Waals surface area contributed by atoms with Gasteiger partial charge in [-0.1, -0.05) is 26.7 Å². The van der Waals surface area contributed by atoms with E-state index in [1.807, 2.05) is 13.2 Å². The van der Waals surface area contributed by atoms with Gasteiger partial charge in [0.25, 0.3) is 0 Å². The highest BCUT2D eigenvalue weighted by atomic mass is 32.2. The van der Waals surface area contributed by atoms with E-state index in [1.54, 1.807) is 17.8 Å². The summed E-state index contributed by atoms with van der Waals surface area (Å²) in [5.74, 6) is 1.92. The summed E-state index contributed by atoms with van der Waals surface area (Å²) in [5, 5.41) is 2.97. The minimum Gasteiger partial charge on any atom is -0.486 e. The lowest BCUT2D eigenvalue weighted by Gasteiger charge is -2.22. The van der Waals surface area contributed by atoms with Crippen LogP contribution in [0.1, 0.15) is 46.5 Å². The molecule has 2 N–H and O–H groups in total. The van der Waals surface area contributed by atoms with E-state index < -0.39 is 16.1 Å². The topological polar surface area (TPSA) is 93.7 Å². The van der Waals surface area contributed by atoms with Crippen molar-refractivity contribution in [2.24, 2.45) is 5.92 Å². The highest BCUT2D eigenvalue weighted by Crippen LogP contribution is 2.32. The zero-order valence-electron chi connectivity index (χ0n) is 18.3. The lowest BCUT2D eigenvalue weighted by atomic mass is 10.0. The third-order valence-corrected chi connectivity index (χ3v) is 6.97. The van der Waals surface area contributed by atoms with Crippen LogP contribution in [0.3, 0.4) is 0 Å². The first kappa shape index (κ1) is 24.8. The van der Waals surface area contributed by atoms with Crippen LogP contribution in [-0.2, 0) is 14.8 Å². The molecule has 1 amide bonds. The van der Waals surface area contributed by atoms with Crippen LogP contribution in [0, 0.1) is 5.92 Å². The molecule has 2 atom stereocenters. The molecule has 1 aliphatic heterocycles. The summed E-state index contributed by atoms with van der Waals surface area (Å²) in [6.07, 6.45) is 5.34. The molecule has 0 unspecified atom stereocenters. The van der Waals surface area contributed by atoms with Crippen molar-refractivity contribution in [2.75, 3.05) is 25.2 Å². The van der Waals surface area contributed by atoms with E-state index in [2.05, 4.69) is 23.9 Å². The second kappa shape index (κ2) is 11.8. The van der Waals surface area contributed by atoms with Gasteiger partial charge in [0.05, 0.1) is 4.90 Å². The molecule has 170 valence electrons. The fourth-order valence-electron chi connectivity index (χ4n) is 3.17. The van der Waals surface area contributed by atoms with E-state index in [-0.39, 0.29) is 16.8 Å². The average molecular weight is 459 g/mol. The smallest absolute Gasteiger partial charge is 0.241 e. The Kier molecular flexibility index (Phi) is 9.77. The fraction of sp³-hybridized carbons (Fsp3) is 0.667. The number of hydrogen-bond donors (Lipinski definition) is 2.